The Morgan fingerprint density at radius 3 is 2.41 bits per heavy atom. The van der Waals surface area contributed by atoms with Crippen LogP contribution >= 0.6 is 0 Å². The Labute approximate surface area is 105 Å². The summed E-state index contributed by atoms with van der Waals surface area (Å²) in [6, 6.07) is 0. The molecule has 0 aliphatic heterocycles. The number of aldehydes is 1. The average Bonchev–Trinajstić information content (AvgIpc) is 2.19. The highest BCUT2D eigenvalue weighted by Gasteiger charge is 2.41. The van der Waals surface area contributed by atoms with E-state index < -0.39 is 14.2 Å². The number of carbonyl (C=O) groups is 2. The minimum Gasteiger partial charge on any atom is -0.414 e. The van der Waals surface area contributed by atoms with Crippen molar-refractivity contribution in [1.29, 1.82) is 0 Å². The van der Waals surface area contributed by atoms with Gasteiger partial charge in [-0.2, -0.15) is 0 Å². The van der Waals surface area contributed by atoms with Crippen LogP contribution in [0.4, 0.5) is 0 Å². The van der Waals surface area contributed by atoms with E-state index >= 15 is 0 Å². The lowest BCUT2D eigenvalue weighted by atomic mass is 9.87. The maximum atomic E-state index is 11.5. The summed E-state index contributed by atoms with van der Waals surface area (Å²) in [4.78, 5) is 22.3. The molecule has 1 aliphatic carbocycles. The van der Waals surface area contributed by atoms with Crippen molar-refractivity contribution in [2.75, 3.05) is 0 Å². The van der Waals surface area contributed by atoms with Crippen LogP contribution in [0, 0.1) is 5.92 Å². The van der Waals surface area contributed by atoms with Crippen molar-refractivity contribution < 1.29 is 14.0 Å². The molecule has 0 bridgehead atoms. The van der Waals surface area contributed by atoms with E-state index in [0.29, 0.717) is 12.8 Å². The normalized spacial score (nSPS) is 27.0. The van der Waals surface area contributed by atoms with Crippen molar-refractivity contribution in [2.24, 2.45) is 5.92 Å². The molecular weight excluding hydrogens is 232 g/mol. The van der Waals surface area contributed by atoms with Crippen LogP contribution in [0.2, 0.25) is 18.1 Å². The Morgan fingerprint density at radius 2 is 1.94 bits per heavy atom. The molecule has 4 heteroatoms. The molecule has 0 radical (unpaired) electrons. The van der Waals surface area contributed by atoms with Crippen LogP contribution in [0.5, 0.6) is 0 Å². The molecule has 0 N–H and O–H groups in total. The van der Waals surface area contributed by atoms with Gasteiger partial charge in [-0.25, -0.2) is 0 Å². The molecule has 0 spiro atoms. The molecule has 3 nitrogen and oxygen atoms in total. The highest BCUT2D eigenvalue weighted by molar-refractivity contribution is 6.74. The number of Topliss-reactive ketones (excluding diaryl/α,β-unsaturated/α-hetero) is 1. The smallest absolute Gasteiger partial charge is 0.192 e. The molecular formula is C13H24O3Si. The van der Waals surface area contributed by atoms with E-state index in [9.17, 15) is 9.59 Å². The molecule has 1 fully saturated rings. The number of carbonyl (C=O) groups excluding carboxylic acids is 2. The maximum Gasteiger partial charge on any atom is 0.192 e. The largest absolute Gasteiger partial charge is 0.414 e. The first-order chi connectivity index (χ1) is 7.67. The molecule has 0 aromatic carbocycles. The Morgan fingerprint density at radius 1 is 1.35 bits per heavy atom. The number of hydrogen-bond acceptors (Lipinski definition) is 3. The average molecular weight is 256 g/mol. The fraction of sp³-hybridized carbons (Fsp3) is 0.846. The van der Waals surface area contributed by atoms with Gasteiger partial charge in [0.2, 0.25) is 0 Å². The van der Waals surface area contributed by atoms with E-state index in [1.54, 1.807) is 0 Å². The van der Waals surface area contributed by atoms with Crippen molar-refractivity contribution in [1.82, 2.24) is 0 Å². The fourth-order valence-electron chi connectivity index (χ4n) is 1.85. The minimum absolute atomic E-state index is 0.0788. The quantitative estimate of drug-likeness (QED) is 0.443. The second-order valence-electron chi connectivity index (χ2n) is 6.48. The fourth-order valence-corrected chi connectivity index (χ4v) is 3.25. The molecule has 1 aliphatic rings. The zero-order valence-electron chi connectivity index (χ0n) is 11.6. The number of hydrogen-bond donors (Lipinski definition) is 0. The van der Waals surface area contributed by atoms with Gasteiger partial charge in [-0.3, -0.25) is 4.79 Å². The van der Waals surface area contributed by atoms with Gasteiger partial charge in [0, 0.05) is 12.5 Å². The summed E-state index contributed by atoms with van der Waals surface area (Å²) in [5.74, 6) is -0.353. The maximum absolute atomic E-state index is 11.5. The first-order valence-corrected chi connectivity index (χ1v) is 9.24. The topological polar surface area (TPSA) is 43.4 Å². The van der Waals surface area contributed by atoms with E-state index in [-0.39, 0.29) is 16.9 Å². The Bertz CT molecular complexity index is 304. The molecule has 1 rings (SSSR count). The highest BCUT2D eigenvalue weighted by Crippen LogP contribution is 2.39. The molecule has 0 amide bonds. The SMILES string of the molecule is CC(C)(C)[Si](C)(C)O[C@@H]1CCC(=O)[C@@H](C=O)C1. The lowest BCUT2D eigenvalue weighted by Gasteiger charge is -2.40. The third-order valence-corrected chi connectivity index (χ3v) is 8.61. The monoisotopic (exact) mass is 256 g/mol. The van der Waals surface area contributed by atoms with Crippen LogP contribution in [-0.4, -0.2) is 26.5 Å². The summed E-state index contributed by atoms with van der Waals surface area (Å²) in [7, 11) is -1.78. The van der Waals surface area contributed by atoms with E-state index in [1.807, 2.05) is 0 Å². The van der Waals surface area contributed by atoms with Gasteiger partial charge in [0.15, 0.2) is 8.32 Å². The van der Waals surface area contributed by atoms with Crippen molar-refractivity contribution in [2.45, 2.75) is 64.3 Å². The van der Waals surface area contributed by atoms with Gasteiger partial charge in [0.05, 0.1) is 5.92 Å². The summed E-state index contributed by atoms with van der Waals surface area (Å²) in [5, 5.41) is 0.172. The summed E-state index contributed by atoms with van der Waals surface area (Å²) < 4.78 is 6.25. The standard InChI is InChI=1S/C13H24O3Si/c1-13(2,3)17(4,5)16-11-6-7-12(15)10(8-11)9-14/h9-11H,6-8H2,1-5H3/t10-,11-/m1/s1. The van der Waals surface area contributed by atoms with Crippen LogP contribution in [0.1, 0.15) is 40.0 Å². The van der Waals surface area contributed by atoms with Crippen molar-refractivity contribution >= 4 is 20.4 Å². The minimum atomic E-state index is -1.78. The first-order valence-electron chi connectivity index (χ1n) is 6.33. The second kappa shape index (κ2) is 5.02. The summed E-state index contributed by atoms with van der Waals surface area (Å²) >= 11 is 0. The molecule has 0 aromatic rings. The highest BCUT2D eigenvalue weighted by atomic mass is 28.4. The lowest BCUT2D eigenvalue weighted by Crippen LogP contribution is -2.46. The van der Waals surface area contributed by atoms with Crippen LogP contribution < -0.4 is 0 Å². The summed E-state index contributed by atoms with van der Waals surface area (Å²) in [6.45, 7) is 11.0. The van der Waals surface area contributed by atoms with Crippen LogP contribution in [-0.2, 0) is 14.0 Å². The van der Waals surface area contributed by atoms with Crippen molar-refractivity contribution in [3.8, 4) is 0 Å². The van der Waals surface area contributed by atoms with Crippen molar-refractivity contribution in [3.05, 3.63) is 0 Å². The Balaban J connectivity index is 2.65. The number of rotatable bonds is 3. The zero-order chi connectivity index (χ0) is 13.3. The van der Waals surface area contributed by atoms with Crippen LogP contribution in [0.15, 0.2) is 0 Å². The van der Waals surface area contributed by atoms with Crippen LogP contribution in [0.25, 0.3) is 0 Å². The van der Waals surface area contributed by atoms with E-state index in [0.717, 1.165) is 12.7 Å². The lowest BCUT2D eigenvalue weighted by molar-refractivity contribution is -0.131. The molecule has 0 aromatic heterocycles. The first kappa shape index (κ1) is 14.6. The van der Waals surface area contributed by atoms with Crippen LogP contribution in [0.3, 0.4) is 0 Å². The third-order valence-electron chi connectivity index (χ3n) is 4.07. The van der Waals surface area contributed by atoms with Gasteiger partial charge >= 0.3 is 0 Å². The molecule has 2 atom stereocenters. The van der Waals surface area contributed by atoms with Gasteiger partial charge < -0.3 is 9.22 Å². The summed E-state index contributed by atoms with van der Waals surface area (Å²) in [6.07, 6.45) is 2.71. The molecule has 98 valence electrons. The molecule has 1 saturated carbocycles. The molecule has 17 heavy (non-hydrogen) atoms. The van der Waals surface area contributed by atoms with Crippen molar-refractivity contribution in [3.63, 3.8) is 0 Å². The van der Waals surface area contributed by atoms with E-state index in [2.05, 4.69) is 33.9 Å². The molecule has 0 unspecified atom stereocenters. The van der Waals surface area contributed by atoms with Gasteiger partial charge in [0.25, 0.3) is 0 Å². The van der Waals surface area contributed by atoms with Gasteiger partial charge in [0.1, 0.15) is 12.1 Å². The Kier molecular flexibility index (Phi) is 4.31. The van der Waals surface area contributed by atoms with E-state index in [1.165, 1.54) is 0 Å². The molecule has 0 saturated heterocycles. The molecule has 0 heterocycles. The second-order valence-corrected chi connectivity index (χ2v) is 11.2. The predicted molar refractivity (Wildman–Crippen MR) is 70.5 cm³/mol. The summed E-state index contributed by atoms with van der Waals surface area (Å²) in [5.41, 5.74) is 0. The zero-order valence-corrected chi connectivity index (χ0v) is 12.6. The van der Waals surface area contributed by atoms with Gasteiger partial charge in [-0.15, -0.1) is 0 Å². The third kappa shape index (κ3) is 3.49. The predicted octanol–water partition coefficient (Wildman–Crippen LogP) is 2.94. The van der Waals surface area contributed by atoms with Gasteiger partial charge in [-0.1, -0.05) is 20.8 Å². The Hall–Kier alpha value is -0.483. The van der Waals surface area contributed by atoms with E-state index in [4.69, 9.17) is 4.43 Å². The van der Waals surface area contributed by atoms with Gasteiger partial charge in [-0.05, 0) is 31.0 Å². The number of ketones is 1.